The van der Waals surface area contributed by atoms with Crippen LogP contribution in [0.1, 0.15) is 43.2 Å². The quantitative estimate of drug-likeness (QED) is 0.761. The zero-order chi connectivity index (χ0) is 18.5. The molecule has 0 bridgehead atoms. The number of aromatic nitrogens is 3. The fraction of sp³-hybridized carbons (Fsp3) is 0.444. The first-order valence-corrected chi connectivity index (χ1v) is 8.88. The lowest BCUT2D eigenvalue weighted by atomic mass is 10.1. The molecular formula is C18H24N6O2. The summed E-state index contributed by atoms with van der Waals surface area (Å²) in [5.74, 6) is -0.505. The highest BCUT2D eigenvalue weighted by Gasteiger charge is 2.19. The van der Waals surface area contributed by atoms with Crippen LogP contribution in [0.3, 0.4) is 0 Å². The molecule has 8 heteroatoms. The maximum atomic E-state index is 12.4. The zero-order valence-electron chi connectivity index (χ0n) is 15.0. The van der Waals surface area contributed by atoms with Crippen molar-refractivity contribution in [3.63, 3.8) is 0 Å². The van der Waals surface area contributed by atoms with E-state index in [1.54, 1.807) is 35.1 Å². The van der Waals surface area contributed by atoms with Gasteiger partial charge in [-0.05, 0) is 44.1 Å². The number of carbonyl (C=O) groups is 2. The Morgan fingerprint density at radius 1 is 1.19 bits per heavy atom. The summed E-state index contributed by atoms with van der Waals surface area (Å²) >= 11 is 0. The van der Waals surface area contributed by atoms with E-state index < -0.39 is 0 Å². The first-order chi connectivity index (χ1) is 12.5. The average Bonchev–Trinajstić information content (AvgIpc) is 3.13. The van der Waals surface area contributed by atoms with Crippen molar-refractivity contribution in [2.45, 2.75) is 32.7 Å². The Balaban J connectivity index is 1.64. The van der Waals surface area contributed by atoms with E-state index in [1.165, 1.54) is 0 Å². The normalized spacial score (nSPS) is 15.0. The molecule has 138 valence electrons. The number of piperidine rings is 1. The van der Waals surface area contributed by atoms with Crippen LogP contribution in [0.4, 0.5) is 11.4 Å². The summed E-state index contributed by atoms with van der Waals surface area (Å²) in [6.45, 7) is 5.54. The van der Waals surface area contributed by atoms with E-state index >= 15 is 0 Å². The van der Waals surface area contributed by atoms with Crippen molar-refractivity contribution in [3.8, 4) is 0 Å². The van der Waals surface area contributed by atoms with Crippen LogP contribution in [-0.4, -0.2) is 39.9 Å². The molecule has 0 atom stereocenters. The summed E-state index contributed by atoms with van der Waals surface area (Å²) in [5.41, 5.74) is 1.51. The third kappa shape index (κ3) is 4.45. The second-order valence-electron chi connectivity index (χ2n) is 6.74. The first kappa shape index (κ1) is 18.1. The summed E-state index contributed by atoms with van der Waals surface area (Å²) < 4.78 is 1.77. The minimum Gasteiger partial charge on any atom is -0.326 e. The smallest absolute Gasteiger partial charge is 0.277 e. The Morgan fingerprint density at radius 2 is 1.88 bits per heavy atom. The fourth-order valence-electron chi connectivity index (χ4n) is 2.79. The summed E-state index contributed by atoms with van der Waals surface area (Å²) in [4.78, 5) is 24.2. The molecule has 2 aromatic rings. The van der Waals surface area contributed by atoms with Crippen molar-refractivity contribution in [2.24, 2.45) is 5.92 Å². The Kier molecular flexibility index (Phi) is 5.62. The number of anilines is 2. The van der Waals surface area contributed by atoms with Gasteiger partial charge in [-0.15, -0.1) is 5.10 Å². The lowest BCUT2D eigenvalue weighted by Gasteiger charge is -2.22. The second kappa shape index (κ2) is 8.09. The van der Waals surface area contributed by atoms with Crippen molar-refractivity contribution < 1.29 is 9.59 Å². The summed E-state index contributed by atoms with van der Waals surface area (Å²) in [6, 6.07) is 7.32. The van der Waals surface area contributed by atoms with E-state index in [4.69, 9.17) is 0 Å². The molecule has 3 N–H and O–H groups in total. The Labute approximate surface area is 152 Å². The zero-order valence-corrected chi connectivity index (χ0v) is 15.0. The molecule has 0 saturated carbocycles. The number of hydrogen-bond acceptors (Lipinski definition) is 5. The molecule has 0 aliphatic carbocycles. The predicted molar refractivity (Wildman–Crippen MR) is 99.0 cm³/mol. The van der Waals surface area contributed by atoms with Gasteiger partial charge in [-0.2, -0.15) is 0 Å². The second-order valence-corrected chi connectivity index (χ2v) is 6.74. The molecule has 2 amide bonds. The lowest BCUT2D eigenvalue weighted by molar-refractivity contribution is -0.118. The average molecular weight is 356 g/mol. The molecule has 1 aliphatic heterocycles. The molecule has 1 aliphatic rings. The van der Waals surface area contributed by atoms with E-state index in [1.807, 2.05) is 13.8 Å². The number of nitrogens with zero attached hydrogens (tertiary/aromatic N) is 3. The molecule has 1 saturated heterocycles. The first-order valence-electron chi connectivity index (χ1n) is 8.88. The maximum Gasteiger partial charge on any atom is 0.277 e. The summed E-state index contributed by atoms with van der Waals surface area (Å²) in [5, 5.41) is 17.0. The van der Waals surface area contributed by atoms with Crippen molar-refractivity contribution in [1.82, 2.24) is 20.3 Å². The van der Waals surface area contributed by atoms with Crippen LogP contribution >= 0.6 is 0 Å². The lowest BCUT2D eigenvalue weighted by Crippen LogP contribution is -2.29. The number of rotatable bonds is 5. The standard InChI is InChI=1S/C18H24N6O2/c1-12(2)17(25)20-13-4-3-5-14(10-13)21-18(26)16-11-24(23-22-16)15-6-8-19-9-7-15/h3-5,10-12,15,19H,6-9H2,1-2H3,(H,20,25)(H,21,26). The van der Waals surface area contributed by atoms with Gasteiger partial charge in [0, 0.05) is 17.3 Å². The van der Waals surface area contributed by atoms with Gasteiger partial charge in [-0.3, -0.25) is 9.59 Å². The van der Waals surface area contributed by atoms with E-state index in [-0.39, 0.29) is 29.5 Å². The highest BCUT2D eigenvalue weighted by Crippen LogP contribution is 2.19. The van der Waals surface area contributed by atoms with Crippen molar-refractivity contribution >= 4 is 23.2 Å². The van der Waals surface area contributed by atoms with Crippen LogP contribution in [0.5, 0.6) is 0 Å². The molecule has 26 heavy (non-hydrogen) atoms. The van der Waals surface area contributed by atoms with Gasteiger partial charge < -0.3 is 16.0 Å². The van der Waals surface area contributed by atoms with Crippen LogP contribution in [0.2, 0.25) is 0 Å². The molecular weight excluding hydrogens is 332 g/mol. The number of amides is 2. The third-order valence-corrected chi connectivity index (χ3v) is 4.34. The van der Waals surface area contributed by atoms with Gasteiger partial charge in [-0.1, -0.05) is 25.1 Å². The molecule has 3 rings (SSSR count). The minimum absolute atomic E-state index is 0.0709. The van der Waals surface area contributed by atoms with E-state index in [9.17, 15) is 9.59 Å². The topological polar surface area (TPSA) is 101 Å². The van der Waals surface area contributed by atoms with Crippen LogP contribution in [0, 0.1) is 5.92 Å². The predicted octanol–water partition coefficient (Wildman–Crippen LogP) is 2.05. The Bertz CT molecular complexity index is 779. The summed E-state index contributed by atoms with van der Waals surface area (Å²) in [7, 11) is 0. The number of carbonyl (C=O) groups excluding carboxylic acids is 2. The van der Waals surface area contributed by atoms with Gasteiger partial charge in [0.15, 0.2) is 5.69 Å². The molecule has 2 heterocycles. The van der Waals surface area contributed by atoms with Gasteiger partial charge in [0.1, 0.15) is 0 Å². The number of nitrogens with one attached hydrogen (secondary N) is 3. The molecule has 8 nitrogen and oxygen atoms in total. The molecule has 0 unspecified atom stereocenters. The van der Waals surface area contributed by atoms with Crippen molar-refractivity contribution in [1.29, 1.82) is 0 Å². The van der Waals surface area contributed by atoms with Crippen LogP contribution < -0.4 is 16.0 Å². The largest absolute Gasteiger partial charge is 0.326 e. The van der Waals surface area contributed by atoms with Gasteiger partial charge in [0.05, 0.1) is 12.2 Å². The summed E-state index contributed by atoms with van der Waals surface area (Å²) in [6.07, 6.45) is 3.64. The van der Waals surface area contributed by atoms with Gasteiger partial charge in [0.25, 0.3) is 5.91 Å². The van der Waals surface area contributed by atoms with Gasteiger partial charge in [0.2, 0.25) is 5.91 Å². The van der Waals surface area contributed by atoms with E-state index in [0.717, 1.165) is 25.9 Å². The third-order valence-electron chi connectivity index (χ3n) is 4.34. The van der Waals surface area contributed by atoms with Crippen molar-refractivity contribution in [2.75, 3.05) is 23.7 Å². The van der Waals surface area contributed by atoms with E-state index in [0.29, 0.717) is 11.4 Å². The molecule has 0 radical (unpaired) electrons. The number of hydrogen-bond donors (Lipinski definition) is 3. The van der Waals surface area contributed by atoms with Crippen LogP contribution in [0.25, 0.3) is 0 Å². The number of benzene rings is 1. The highest BCUT2D eigenvalue weighted by atomic mass is 16.2. The van der Waals surface area contributed by atoms with Crippen LogP contribution in [-0.2, 0) is 4.79 Å². The molecule has 0 spiro atoms. The SMILES string of the molecule is CC(C)C(=O)Nc1cccc(NC(=O)c2cn(C3CCNCC3)nn2)c1. The van der Waals surface area contributed by atoms with Gasteiger partial charge >= 0.3 is 0 Å². The molecule has 1 aromatic heterocycles. The monoisotopic (exact) mass is 356 g/mol. The fourth-order valence-corrected chi connectivity index (χ4v) is 2.79. The Hall–Kier alpha value is -2.74. The van der Waals surface area contributed by atoms with E-state index in [2.05, 4.69) is 26.3 Å². The van der Waals surface area contributed by atoms with Crippen molar-refractivity contribution in [3.05, 3.63) is 36.2 Å². The maximum absolute atomic E-state index is 12.4. The molecule has 1 fully saturated rings. The molecule has 1 aromatic carbocycles. The Morgan fingerprint density at radius 3 is 2.58 bits per heavy atom. The van der Waals surface area contributed by atoms with Crippen LogP contribution in [0.15, 0.2) is 30.5 Å². The minimum atomic E-state index is -0.322. The van der Waals surface area contributed by atoms with Gasteiger partial charge in [-0.25, -0.2) is 4.68 Å². The highest BCUT2D eigenvalue weighted by molar-refractivity contribution is 6.03.